The van der Waals surface area contributed by atoms with Crippen molar-refractivity contribution in [2.45, 2.75) is 32.1 Å². The van der Waals surface area contributed by atoms with Gasteiger partial charge in [0, 0.05) is 25.5 Å². The van der Waals surface area contributed by atoms with Gasteiger partial charge in [-0.3, -0.25) is 14.8 Å². The first-order chi connectivity index (χ1) is 12.6. The van der Waals surface area contributed by atoms with Crippen molar-refractivity contribution in [2.75, 3.05) is 13.1 Å². The first-order valence-electron chi connectivity index (χ1n) is 9.17. The Morgan fingerprint density at radius 2 is 1.62 bits per heavy atom. The van der Waals surface area contributed by atoms with Crippen LogP contribution >= 0.6 is 0 Å². The monoisotopic (exact) mass is 345 g/mol. The Morgan fingerprint density at radius 1 is 0.923 bits per heavy atom. The van der Waals surface area contributed by atoms with Crippen LogP contribution in [0.1, 0.15) is 32.3 Å². The molecular weight excluding hydrogens is 322 g/mol. The van der Waals surface area contributed by atoms with E-state index in [-0.39, 0.29) is 5.91 Å². The predicted molar refractivity (Wildman–Crippen MR) is 104 cm³/mol. The van der Waals surface area contributed by atoms with Crippen LogP contribution in [0.2, 0.25) is 0 Å². The molecule has 4 rings (SSSR count). The highest BCUT2D eigenvalue weighted by Crippen LogP contribution is 2.31. The summed E-state index contributed by atoms with van der Waals surface area (Å²) in [7, 11) is 0. The van der Waals surface area contributed by atoms with Crippen molar-refractivity contribution in [1.82, 2.24) is 14.9 Å². The van der Waals surface area contributed by atoms with Crippen molar-refractivity contribution in [3.63, 3.8) is 0 Å². The van der Waals surface area contributed by atoms with Gasteiger partial charge >= 0.3 is 0 Å². The van der Waals surface area contributed by atoms with Crippen LogP contribution in [0.3, 0.4) is 0 Å². The fourth-order valence-electron chi connectivity index (χ4n) is 3.67. The van der Waals surface area contributed by atoms with E-state index in [2.05, 4.69) is 40.3 Å². The normalized spacial score (nSPS) is 14.8. The van der Waals surface area contributed by atoms with E-state index >= 15 is 0 Å². The minimum Gasteiger partial charge on any atom is -0.342 e. The summed E-state index contributed by atoms with van der Waals surface area (Å²) < 4.78 is 0. The maximum atomic E-state index is 13.0. The van der Waals surface area contributed by atoms with Crippen molar-refractivity contribution in [3.8, 4) is 11.1 Å². The third-order valence-corrected chi connectivity index (χ3v) is 5.31. The number of carbonyl (C=O) groups excluding carboxylic acids is 1. The van der Waals surface area contributed by atoms with E-state index in [4.69, 9.17) is 0 Å². The maximum Gasteiger partial charge on any atom is 0.232 e. The van der Waals surface area contributed by atoms with Crippen LogP contribution in [0.4, 0.5) is 0 Å². The highest BCUT2D eigenvalue weighted by Gasteiger charge is 2.34. The van der Waals surface area contributed by atoms with Gasteiger partial charge in [0.25, 0.3) is 0 Å². The summed E-state index contributed by atoms with van der Waals surface area (Å²) in [5, 5.41) is 0. The van der Waals surface area contributed by atoms with Crippen molar-refractivity contribution in [1.29, 1.82) is 0 Å². The largest absolute Gasteiger partial charge is 0.342 e. The zero-order valence-corrected chi connectivity index (χ0v) is 15.3. The van der Waals surface area contributed by atoms with Gasteiger partial charge in [0.1, 0.15) is 0 Å². The summed E-state index contributed by atoms with van der Waals surface area (Å²) in [6.07, 6.45) is 5.63. The third-order valence-electron chi connectivity index (χ3n) is 5.31. The molecule has 0 atom stereocenters. The lowest BCUT2D eigenvalue weighted by atomic mass is 9.82. The van der Waals surface area contributed by atoms with Gasteiger partial charge in [0.05, 0.1) is 16.4 Å². The summed E-state index contributed by atoms with van der Waals surface area (Å²) in [6, 6.07) is 14.4. The van der Waals surface area contributed by atoms with E-state index in [0.717, 1.165) is 53.7 Å². The average molecular weight is 345 g/mol. The van der Waals surface area contributed by atoms with Gasteiger partial charge < -0.3 is 4.90 Å². The molecule has 4 nitrogen and oxygen atoms in total. The summed E-state index contributed by atoms with van der Waals surface area (Å²) in [5.74, 6) is 0.219. The number of rotatable bonds is 3. The molecule has 26 heavy (non-hydrogen) atoms. The van der Waals surface area contributed by atoms with E-state index in [0.29, 0.717) is 0 Å². The molecule has 2 heterocycles. The molecule has 1 aromatic heterocycles. The van der Waals surface area contributed by atoms with Crippen molar-refractivity contribution < 1.29 is 4.79 Å². The number of fused-ring (bicyclic) bond motifs is 1. The Bertz CT molecular complexity index is 958. The Hall–Kier alpha value is -2.75. The number of amides is 1. The van der Waals surface area contributed by atoms with Gasteiger partial charge in [-0.05, 0) is 55.5 Å². The standard InChI is InChI=1S/C22H23N3O/c1-22(2,21(26)25-12-3-4-13-25)18-7-5-6-16(14-18)17-8-9-19-20(15-17)24-11-10-23-19/h5-11,14-15H,3-4,12-13H2,1-2H3. The number of carbonyl (C=O) groups is 1. The molecule has 132 valence electrons. The molecule has 0 saturated carbocycles. The number of likely N-dealkylation sites (tertiary alicyclic amines) is 1. The lowest BCUT2D eigenvalue weighted by molar-refractivity contribution is -0.135. The van der Waals surface area contributed by atoms with Crippen molar-refractivity contribution in [2.24, 2.45) is 0 Å². The molecule has 4 heteroatoms. The molecule has 0 spiro atoms. The lowest BCUT2D eigenvalue weighted by Gasteiger charge is -2.30. The minimum atomic E-state index is -0.531. The Balaban J connectivity index is 1.70. The van der Waals surface area contributed by atoms with Gasteiger partial charge in [-0.1, -0.05) is 30.3 Å². The molecule has 0 bridgehead atoms. The minimum absolute atomic E-state index is 0.219. The van der Waals surface area contributed by atoms with E-state index in [1.807, 2.05) is 30.9 Å². The molecule has 1 aliphatic rings. The average Bonchev–Trinajstić information content (AvgIpc) is 3.21. The van der Waals surface area contributed by atoms with Crippen LogP contribution in [0.15, 0.2) is 54.9 Å². The van der Waals surface area contributed by atoms with Crippen LogP contribution in [0.5, 0.6) is 0 Å². The summed E-state index contributed by atoms with van der Waals surface area (Å²) in [4.78, 5) is 23.7. The number of benzene rings is 2. The van der Waals surface area contributed by atoms with Crippen molar-refractivity contribution >= 4 is 16.9 Å². The Kier molecular flexibility index (Phi) is 4.19. The molecule has 0 radical (unpaired) electrons. The van der Waals surface area contributed by atoms with E-state index in [1.54, 1.807) is 12.4 Å². The number of nitrogens with zero attached hydrogens (tertiary/aromatic N) is 3. The van der Waals surface area contributed by atoms with E-state index in [9.17, 15) is 4.79 Å². The van der Waals surface area contributed by atoms with Gasteiger partial charge in [-0.15, -0.1) is 0 Å². The SMILES string of the molecule is CC(C)(C(=O)N1CCCC1)c1cccc(-c2ccc3nccnc3c2)c1. The lowest BCUT2D eigenvalue weighted by Crippen LogP contribution is -2.41. The molecule has 0 aliphatic carbocycles. The van der Waals surface area contributed by atoms with Crippen LogP contribution in [0, 0.1) is 0 Å². The summed E-state index contributed by atoms with van der Waals surface area (Å²) in [5.41, 5.74) is 4.46. The van der Waals surface area contributed by atoms with Crippen molar-refractivity contribution in [3.05, 3.63) is 60.4 Å². The molecule has 0 unspecified atom stereocenters. The summed E-state index contributed by atoms with van der Waals surface area (Å²) in [6.45, 7) is 5.81. The number of hydrogen-bond acceptors (Lipinski definition) is 3. The van der Waals surface area contributed by atoms with Crippen LogP contribution in [-0.2, 0) is 10.2 Å². The number of aromatic nitrogens is 2. The topological polar surface area (TPSA) is 46.1 Å². The van der Waals surface area contributed by atoms with Gasteiger partial charge in [-0.2, -0.15) is 0 Å². The van der Waals surface area contributed by atoms with E-state index in [1.165, 1.54) is 0 Å². The smallest absolute Gasteiger partial charge is 0.232 e. The Labute approximate surface area is 153 Å². The van der Waals surface area contributed by atoms with E-state index < -0.39 is 5.41 Å². The summed E-state index contributed by atoms with van der Waals surface area (Å²) >= 11 is 0. The molecule has 1 fully saturated rings. The van der Waals surface area contributed by atoms with Crippen LogP contribution in [0.25, 0.3) is 22.2 Å². The van der Waals surface area contributed by atoms with Gasteiger partial charge in [0.2, 0.25) is 5.91 Å². The first-order valence-corrected chi connectivity index (χ1v) is 9.17. The molecule has 1 saturated heterocycles. The molecule has 1 aliphatic heterocycles. The quantitative estimate of drug-likeness (QED) is 0.715. The molecule has 1 amide bonds. The molecule has 2 aromatic carbocycles. The molecule has 0 N–H and O–H groups in total. The number of hydrogen-bond donors (Lipinski definition) is 0. The molecular formula is C22H23N3O. The molecule has 3 aromatic rings. The highest BCUT2D eigenvalue weighted by molar-refractivity contribution is 5.88. The zero-order valence-electron chi connectivity index (χ0n) is 15.3. The van der Waals surface area contributed by atoms with Gasteiger partial charge in [-0.25, -0.2) is 0 Å². The highest BCUT2D eigenvalue weighted by atomic mass is 16.2. The second-order valence-corrected chi connectivity index (χ2v) is 7.46. The first kappa shape index (κ1) is 16.7. The van der Waals surface area contributed by atoms with Crippen LogP contribution < -0.4 is 0 Å². The maximum absolute atomic E-state index is 13.0. The fraction of sp³-hybridized carbons (Fsp3) is 0.318. The van der Waals surface area contributed by atoms with Gasteiger partial charge in [0.15, 0.2) is 0 Å². The Morgan fingerprint density at radius 3 is 2.38 bits per heavy atom. The van der Waals surface area contributed by atoms with Crippen LogP contribution in [-0.4, -0.2) is 33.9 Å². The fourth-order valence-corrected chi connectivity index (χ4v) is 3.67. The predicted octanol–water partition coefficient (Wildman–Crippen LogP) is 4.20. The second kappa shape index (κ2) is 6.52. The zero-order chi connectivity index (χ0) is 18.1. The second-order valence-electron chi connectivity index (χ2n) is 7.46. The third kappa shape index (κ3) is 2.96.